The summed E-state index contributed by atoms with van der Waals surface area (Å²) in [5, 5.41) is 0. The minimum atomic E-state index is 0. The third kappa shape index (κ3) is 17.6. The van der Waals surface area contributed by atoms with Crippen LogP contribution in [-0.2, 0) is 45.0 Å². The van der Waals surface area contributed by atoms with Gasteiger partial charge in [-0.05, 0) is 0 Å². The van der Waals surface area contributed by atoms with Crippen molar-refractivity contribution >= 4 is 52.8 Å². The van der Waals surface area contributed by atoms with Gasteiger partial charge >= 0.3 is 0 Å². The van der Waals surface area contributed by atoms with Crippen LogP contribution in [0.5, 0.6) is 0 Å². The summed E-state index contributed by atoms with van der Waals surface area (Å²) < 4.78 is 0. The van der Waals surface area contributed by atoms with Crippen LogP contribution in [0.2, 0.25) is 0 Å². The monoisotopic (exact) mass is 334 g/mol. The second-order valence-electron chi connectivity index (χ2n) is 1.85. The van der Waals surface area contributed by atoms with Gasteiger partial charge in [0.05, 0.1) is 0 Å². The smallest absolute Gasteiger partial charge is 0 e. The van der Waals surface area contributed by atoms with E-state index in [1.54, 1.807) is 6.07 Å². The van der Waals surface area contributed by atoms with Crippen molar-refractivity contribution in [2.24, 2.45) is 0 Å². The molecule has 0 bridgehead atoms. The van der Waals surface area contributed by atoms with E-state index in [2.05, 4.69) is 47.6 Å². The zero-order valence-electron chi connectivity index (χ0n) is 8.01. The summed E-state index contributed by atoms with van der Waals surface area (Å²) in [7, 11) is 3.95. The van der Waals surface area contributed by atoms with Gasteiger partial charge in [-0.25, -0.2) is 12.1 Å². The zero-order valence-corrected chi connectivity index (χ0v) is 13.6. The van der Waals surface area contributed by atoms with Crippen LogP contribution < -0.4 is 0 Å². The zero-order chi connectivity index (χ0) is 11.2. The molecule has 0 aliphatic heterocycles. The predicted molar refractivity (Wildman–Crippen MR) is 76.9 cm³/mol. The van der Waals surface area contributed by atoms with E-state index in [-0.39, 0.29) is 21.7 Å². The molecule has 0 aliphatic carbocycles. The Labute approximate surface area is 134 Å². The molecule has 0 heterocycles. The number of hydrogen-bond acceptors (Lipinski definition) is 5. The third-order valence-corrected chi connectivity index (χ3v) is 5.41. The average molecular weight is 334 g/mol. The van der Waals surface area contributed by atoms with Crippen molar-refractivity contribution in [2.45, 2.75) is 0 Å². The quantitative estimate of drug-likeness (QED) is 0.352. The summed E-state index contributed by atoms with van der Waals surface area (Å²) in [5.41, 5.74) is 0. The molecule has 88 valence electrons. The van der Waals surface area contributed by atoms with Gasteiger partial charge in [0, 0.05) is 21.7 Å². The van der Waals surface area contributed by atoms with Crippen LogP contribution in [-0.4, -0.2) is 0 Å². The van der Waals surface area contributed by atoms with E-state index in [1.807, 2.05) is 30.3 Å². The van der Waals surface area contributed by atoms with Crippen molar-refractivity contribution in [1.29, 1.82) is 0 Å². The van der Waals surface area contributed by atoms with Crippen LogP contribution in [0.15, 0.2) is 36.4 Å². The van der Waals surface area contributed by atoms with Crippen molar-refractivity contribution in [1.82, 2.24) is 0 Å². The summed E-state index contributed by atoms with van der Waals surface area (Å²) in [6.07, 6.45) is 0. The van der Waals surface area contributed by atoms with E-state index < -0.39 is 0 Å². The first-order chi connectivity index (χ1) is 7.41. The second kappa shape index (κ2) is 18.5. The maximum Gasteiger partial charge on any atom is 0 e. The topological polar surface area (TPSA) is 0 Å². The molecular formula is C10H6S5Ti-8. The summed E-state index contributed by atoms with van der Waals surface area (Å²) in [5.74, 6) is 0. The molecule has 0 radical (unpaired) electrons. The number of rotatable bonds is 2. The summed E-state index contributed by atoms with van der Waals surface area (Å²) in [6.45, 7) is 0. The van der Waals surface area contributed by atoms with Crippen molar-refractivity contribution < 1.29 is 21.7 Å². The largest absolute Gasteiger partial charge is 0.999 e. The maximum atomic E-state index is 4.44. The van der Waals surface area contributed by atoms with Gasteiger partial charge in [0.15, 0.2) is 0 Å². The van der Waals surface area contributed by atoms with Crippen molar-refractivity contribution in [2.75, 3.05) is 0 Å². The van der Waals surface area contributed by atoms with Crippen LogP contribution in [0, 0.1) is 24.3 Å². The van der Waals surface area contributed by atoms with E-state index >= 15 is 0 Å². The SMILES string of the molecule is [S-]SSS[S-].[Ti].[c-]1[c-][c-][cH-][c-]1.c1cc[cH-]c1. The Kier molecular flexibility index (Phi) is 22.6. The second-order valence-corrected chi connectivity index (χ2v) is 7.16. The molecule has 0 aliphatic rings. The Morgan fingerprint density at radius 1 is 0.938 bits per heavy atom. The van der Waals surface area contributed by atoms with Gasteiger partial charge in [-0.15, -0.1) is 0 Å². The molecular weight excluding hydrogens is 328 g/mol. The molecule has 0 N–H and O–H groups in total. The Balaban J connectivity index is 0. The molecule has 0 amide bonds. The fourth-order valence-corrected chi connectivity index (χ4v) is 3.26. The maximum absolute atomic E-state index is 4.44. The molecule has 0 unspecified atom stereocenters. The van der Waals surface area contributed by atoms with Gasteiger partial charge in [-0.1, -0.05) is 9.83 Å². The van der Waals surface area contributed by atoms with Crippen LogP contribution >= 0.6 is 29.5 Å². The van der Waals surface area contributed by atoms with Crippen LogP contribution in [0.1, 0.15) is 0 Å². The molecule has 0 aromatic heterocycles. The van der Waals surface area contributed by atoms with Crippen LogP contribution in [0.25, 0.3) is 0 Å². The van der Waals surface area contributed by atoms with Gasteiger partial charge in [-0.2, -0.15) is 18.2 Å². The predicted octanol–water partition coefficient (Wildman–Crippen LogP) is 3.95. The Hall–Kier alpha value is 1.16. The third-order valence-electron chi connectivity index (χ3n) is 0.962. The van der Waals surface area contributed by atoms with E-state index in [4.69, 9.17) is 0 Å². The summed E-state index contributed by atoms with van der Waals surface area (Å²) in [6, 6.07) is 22.0. The molecule has 16 heavy (non-hydrogen) atoms. The molecule has 0 saturated carbocycles. The van der Waals surface area contributed by atoms with Gasteiger partial charge < -0.3 is 53.7 Å². The van der Waals surface area contributed by atoms with E-state index in [0.29, 0.717) is 0 Å². The van der Waals surface area contributed by atoms with Gasteiger partial charge in [-0.3, -0.25) is 19.7 Å². The van der Waals surface area contributed by atoms with Crippen molar-refractivity contribution in [3.8, 4) is 0 Å². The fraction of sp³-hybridized carbons (Fsp3) is 0. The minimum Gasteiger partial charge on any atom is -0.999 e. The van der Waals surface area contributed by atoms with Crippen LogP contribution in [0.3, 0.4) is 0 Å². The van der Waals surface area contributed by atoms with E-state index in [0.717, 1.165) is 0 Å². The van der Waals surface area contributed by atoms with Crippen molar-refractivity contribution in [3.05, 3.63) is 60.7 Å². The van der Waals surface area contributed by atoms with E-state index in [1.165, 1.54) is 29.5 Å². The first-order valence-corrected chi connectivity index (χ1v) is 8.99. The fourth-order valence-electron chi connectivity index (χ4n) is 0.513. The van der Waals surface area contributed by atoms with Gasteiger partial charge in [0.2, 0.25) is 0 Å². The summed E-state index contributed by atoms with van der Waals surface area (Å²) in [4.78, 5) is 0. The van der Waals surface area contributed by atoms with Crippen LogP contribution in [0.4, 0.5) is 0 Å². The normalized spacial score (nSPS) is 7.62. The van der Waals surface area contributed by atoms with Gasteiger partial charge in [0.25, 0.3) is 0 Å². The molecule has 6 heteroatoms. The molecule has 0 saturated heterocycles. The van der Waals surface area contributed by atoms with E-state index in [9.17, 15) is 0 Å². The average Bonchev–Trinajstić information content (AvgIpc) is 2.99. The molecule has 0 atom stereocenters. The molecule has 0 fully saturated rings. The standard InChI is InChI=1S/C5H5.C5H.H2S5.Ti/c2*1-2-4-5-3-1;1-3-5-4-2;/h1-5H;1H;1-2H;/q-1;-5;;/p-2. The first kappa shape index (κ1) is 19.5. The number of hydrogen-bond donors (Lipinski definition) is 0. The Bertz CT molecular complexity index is 194. The minimum absolute atomic E-state index is 0. The molecule has 0 spiro atoms. The molecule has 2 aromatic rings. The van der Waals surface area contributed by atoms with Gasteiger partial charge in [0.1, 0.15) is 0 Å². The summed E-state index contributed by atoms with van der Waals surface area (Å²) >= 11 is 8.89. The Morgan fingerprint density at radius 2 is 1.44 bits per heavy atom. The Morgan fingerprint density at radius 3 is 1.56 bits per heavy atom. The first-order valence-electron chi connectivity index (χ1n) is 3.66. The molecule has 2 aromatic carbocycles. The van der Waals surface area contributed by atoms with Crippen molar-refractivity contribution in [3.63, 3.8) is 0 Å². The molecule has 0 nitrogen and oxygen atoms in total. The molecule has 2 rings (SSSR count).